The van der Waals surface area contributed by atoms with Crippen LogP contribution in [-0.4, -0.2) is 12.1 Å². The van der Waals surface area contributed by atoms with Crippen LogP contribution in [0.1, 0.15) is 15.9 Å². The van der Waals surface area contributed by atoms with Crippen LogP contribution in [0.15, 0.2) is 64.2 Å². The maximum atomic E-state index is 11.7. The molecule has 0 spiro atoms. The molecule has 0 aliphatic heterocycles. The lowest BCUT2D eigenvalue weighted by molar-refractivity contribution is 0.0955. The highest BCUT2D eigenvalue weighted by Crippen LogP contribution is 2.09. The molecule has 18 heavy (non-hydrogen) atoms. The van der Waals surface area contributed by atoms with Crippen molar-refractivity contribution in [3.8, 4) is 0 Å². The molecule has 0 saturated carbocycles. The normalized spacial score (nSPS) is 10.5. The number of nitrogens with zero attached hydrogens (tertiary/aromatic N) is 1. The van der Waals surface area contributed by atoms with Crippen LogP contribution in [0.5, 0.6) is 0 Å². The van der Waals surface area contributed by atoms with Crippen molar-refractivity contribution in [2.24, 2.45) is 5.10 Å². The highest BCUT2D eigenvalue weighted by Gasteiger charge is 2.01. The number of hydrogen-bond acceptors (Lipinski definition) is 2. The zero-order valence-corrected chi connectivity index (χ0v) is 11.1. The van der Waals surface area contributed by atoms with Crippen molar-refractivity contribution in [1.29, 1.82) is 0 Å². The molecule has 0 aromatic heterocycles. The smallest absolute Gasteiger partial charge is 0.267 e. The molecule has 0 radical (unpaired) electrons. The summed E-state index contributed by atoms with van der Waals surface area (Å²) in [5.41, 5.74) is 3.98. The topological polar surface area (TPSA) is 41.5 Å². The van der Waals surface area contributed by atoms with Gasteiger partial charge in [-0.05, 0) is 29.8 Å². The molecule has 0 unspecified atom stereocenters. The number of rotatable bonds is 3. The van der Waals surface area contributed by atoms with Gasteiger partial charge in [-0.3, -0.25) is 4.79 Å². The maximum absolute atomic E-state index is 11.7. The molecule has 2 aromatic rings. The summed E-state index contributed by atoms with van der Waals surface area (Å²) in [5.74, 6) is -0.221. The fourth-order valence-electron chi connectivity index (χ4n) is 1.41. The minimum atomic E-state index is -0.221. The first-order valence-corrected chi connectivity index (χ1v) is 6.19. The van der Waals surface area contributed by atoms with E-state index in [9.17, 15) is 4.79 Å². The van der Waals surface area contributed by atoms with E-state index in [0.29, 0.717) is 5.56 Å². The maximum Gasteiger partial charge on any atom is 0.271 e. The number of hydrogen-bond donors (Lipinski definition) is 1. The Morgan fingerprint density at radius 1 is 1.11 bits per heavy atom. The molecular formula is C14H11BrN2O. The Hall–Kier alpha value is -1.94. The number of halogens is 1. The summed E-state index contributed by atoms with van der Waals surface area (Å²) in [7, 11) is 0. The Morgan fingerprint density at radius 2 is 1.89 bits per heavy atom. The fraction of sp³-hybridized carbons (Fsp3) is 0. The zero-order chi connectivity index (χ0) is 12.8. The van der Waals surface area contributed by atoms with Crippen molar-refractivity contribution in [3.63, 3.8) is 0 Å². The van der Waals surface area contributed by atoms with Gasteiger partial charge in [0.25, 0.3) is 5.91 Å². The molecule has 0 saturated heterocycles. The highest BCUT2D eigenvalue weighted by atomic mass is 79.9. The first-order chi connectivity index (χ1) is 8.75. The molecule has 0 aliphatic rings. The van der Waals surface area contributed by atoms with Crippen molar-refractivity contribution in [1.82, 2.24) is 5.43 Å². The van der Waals surface area contributed by atoms with Crippen LogP contribution in [0.4, 0.5) is 0 Å². The van der Waals surface area contributed by atoms with E-state index in [1.54, 1.807) is 18.3 Å². The van der Waals surface area contributed by atoms with E-state index in [0.717, 1.165) is 10.0 Å². The molecular weight excluding hydrogens is 292 g/mol. The monoisotopic (exact) mass is 302 g/mol. The molecule has 1 amide bonds. The van der Waals surface area contributed by atoms with Gasteiger partial charge in [0, 0.05) is 10.0 Å². The van der Waals surface area contributed by atoms with E-state index in [-0.39, 0.29) is 5.91 Å². The summed E-state index contributed by atoms with van der Waals surface area (Å²) >= 11 is 3.37. The summed E-state index contributed by atoms with van der Waals surface area (Å²) in [5, 5.41) is 3.91. The average molecular weight is 303 g/mol. The second-order valence-electron chi connectivity index (χ2n) is 3.62. The number of carbonyl (C=O) groups excluding carboxylic acids is 1. The van der Waals surface area contributed by atoms with Gasteiger partial charge < -0.3 is 0 Å². The molecule has 2 rings (SSSR count). The summed E-state index contributed by atoms with van der Waals surface area (Å²) in [6, 6.07) is 16.6. The third-order valence-corrected chi connectivity index (χ3v) is 2.76. The van der Waals surface area contributed by atoms with Crippen LogP contribution in [0, 0.1) is 0 Å². The van der Waals surface area contributed by atoms with Crippen LogP contribution in [0.25, 0.3) is 0 Å². The number of carbonyl (C=O) groups is 1. The number of hydrazone groups is 1. The van der Waals surface area contributed by atoms with Crippen molar-refractivity contribution >= 4 is 28.1 Å². The summed E-state index contributed by atoms with van der Waals surface area (Å²) < 4.78 is 0.973. The fourth-order valence-corrected chi connectivity index (χ4v) is 1.82. The lowest BCUT2D eigenvalue weighted by Gasteiger charge is -1.99. The molecule has 0 fully saturated rings. The molecule has 3 nitrogen and oxygen atoms in total. The minimum absolute atomic E-state index is 0.221. The van der Waals surface area contributed by atoms with E-state index >= 15 is 0 Å². The number of amides is 1. The predicted molar refractivity (Wildman–Crippen MR) is 75.6 cm³/mol. The van der Waals surface area contributed by atoms with Crippen molar-refractivity contribution in [3.05, 3.63) is 70.2 Å². The molecule has 0 aliphatic carbocycles. The standard InChI is InChI=1S/C14H11BrN2O/c15-13-8-4-5-11(9-13)10-16-17-14(18)12-6-2-1-3-7-12/h1-10H,(H,17,18)/b16-10-. The second kappa shape index (κ2) is 6.12. The zero-order valence-electron chi connectivity index (χ0n) is 9.51. The van der Waals surface area contributed by atoms with E-state index in [4.69, 9.17) is 0 Å². The van der Waals surface area contributed by atoms with Crippen molar-refractivity contribution < 1.29 is 4.79 Å². The van der Waals surface area contributed by atoms with E-state index < -0.39 is 0 Å². The molecule has 2 aromatic carbocycles. The average Bonchev–Trinajstić information content (AvgIpc) is 2.40. The summed E-state index contributed by atoms with van der Waals surface area (Å²) in [6.07, 6.45) is 1.60. The third kappa shape index (κ3) is 3.53. The van der Waals surface area contributed by atoms with Crippen LogP contribution in [0.2, 0.25) is 0 Å². The van der Waals surface area contributed by atoms with Crippen LogP contribution in [0.3, 0.4) is 0 Å². The molecule has 0 heterocycles. The third-order valence-electron chi connectivity index (χ3n) is 2.26. The van der Waals surface area contributed by atoms with E-state index in [1.807, 2.05) is 42.5 Å². The molecule has 4 heteroatoms. The molecule has 90 valence electrons. The highest BCUT2D eigenvalue weighted by molar-refractivity contribution is 9.10. The van der Waals surface area contributed by atoms with Gasteiger partial charge in [0.05, 0.1) is 6.21 Å². The first kappa shape index (κ1) is 12.5. The summed E-state index contributed by atoms with van der Waals surface area (Å²) in [6.45, 7) is 0. The van der Waals surface area contributed by atoms with Gasteiger partial charge in [0.2, 0.25) is 0 Å². The molecule has 0 atom stereocenters. The molecule has 1 N–H and O–H groups in total. The Bertz CT molecular complexity index is 567. The predicted octanol–water partition coefficient (Wildman–Crippen LogP) is 3.21. The van der Waals surface area contributed by atoms with Gasteiger partial charge in [-0.1, -0.05) is 46.3 Å². The van der Waals surface area contributed by atoms with Gasteiger partial charge in [-0.25, -0.2) is 5.43 Å². The number of nitrogens with one attached hydrogen (secondary N) is 1. The Morgan fingerprint density at radius 3 is 2.61 bits per heavy atom. The first-order valence-electron chi connectivity index (χ1n) is 5.40. The largest absolute Gasteiger partial charge is 0.271 e. The van der Waals surface area contributed by atoms with E-state index in [2.05, 4.69) is 26.5 Å². The van der Waals surface area contributed by atoms with Gasteiger partial charge in [0.15, 0.2) is 0 Å². The van der Waals surface area contributed by atoms with Crippen molar-refractivity contribution in [2.45, 2.75) is 0 Å². The van der Waals surface area contributed by atoms with E-state index in [1.165, 1.54) is 0 Å². The Labute approximate surface area is 114 Å². The van der Waals surface area contributed by atoms with Crippen LogP contribution < -0.4 is 5.43 Å². The van der Waals surface area contributed by atoms with Crippen LogP contribution in [-0.2, 0) is 0 Å². The van der Waals surface area contributed by atoms with Gasteiger partial charge in [0.1, 0.15) is 0 Å². The Kier molecular flexibility index (Phi) is 4.25. The summed E-state index contributed by atoms with van der Waals surface area (Å²) in [4.78, 5) is 11.7. The second-order valence-corrected chi connectivity index (χ2v) is 4.54. The van der Waals surface area contributed by atoms with Gasteiger partial charge in [-0.15, -0.1) is 0 Å². The van der Waals surface area contributed by atoms with Gasteiger partial charge >= 0.3 is 0 Å². The van der Waals surface area contributed by atoms with Crippen LogP contribution >= 0.6 is 15.9 Å². The molecule has 0 bridgehead atoms. The Balaban J connectivity index is 1.98. The minimum Gasteiger partial charge on any atom is -0.267 e. The quantitative estimate of drug-likeness (QED) is 0.686. The van der Waals surface area contributed by atoms with Gasteiger partial charge in [-0.2, -0.15) is 5.10 Å². The lowest BCUT2D eigenvalue weighted by Crippen LogP contribution is -2.17. The van der Waals surface area contributed by atoms with Crippen molar-refractivity contribution in [2.75, 3.05) is 0 Å². The SMILES string of the molecule is O=C(N/N=C\c1cccc(Br)c1)c1ccccc1. The number of benzene rings is 2. The lowest BCUT2D eigenvalue weighted by atomic mass is 10.2.